The first-order valence-electron chi connectivity index (χ1n) is 11.4. The Balaban J connectivity index is 1.62. The van der Waals surface area contributed by atoms with Crippen LogP contribution in [0.25, 0.3) is 6.08 Å². The van der Waals surface area contributed by atoms with Crippen molar-refractivity contribution in [3.05, 3.63) is 82.7 Å². The molecule has 1 saturated carbocycles. The van der Waals surface area contributed by atoms with Gasteiger partial charge in [0.15, 0.2) is 11.5 Å². The Bertz CT molecular complexity index is 1190. The van der Waals surface area contributed by atoms with Crippen LogP contribution in [-0.2, 0) is 16.7 Å². The van der Waals surface area contributed by atoms with Crippen LogP contribution in [0, 0.1) is 5.92 Å². The monoisotopic (exact) mass is 443 g/mol. The average molecular weight is 444 g/mol. The highest BCUT2D eigenvalue weighted by Gasteiger charge is 2.38. The summed E-state index contributed by atoms with van der Waals surface area (Å²) in [5, 5.41) is 12.4. The van der Waals surface area contributed by atoms with Crippen molar-refractivity contribution in [2.24, 2.45) is 11.1 Å². The Morgan fingerprint density at radius 2 is 1.79 bits per heavy atom. The lowest BCUT2D eigenvalue weighted by Crippen LogP contribution is -2.31. The third-order valence-corrected chi connectivity index (χ3v) is 6.98. The van der Waals surface area contributed by atoms with E-state index in [2.05, 4.69) is 58.8 Å². The fraction of sp³-hybridized carbons (Fsp3) is 0.333. The molecule has 1 fully saturated rings. The van der Waals surface area contributed by atoms with E-state index in [0.29, 0.717) is 11.7 Å². The molecule has 0 amide bonds. The van der Waals surface area contributed by atoms with Gasteiger partial charge < -0.3 is 14.3 Å². The van der Waals surface area contributed by atoms with Gasteiger partial charge in [-0.1, -0.05) is 60.1 Å². The van der Waals surface area contributed by atoms with Crippen LogP contribution in [0.2, 0.25) is 0 Å². The lowest BCUT2D eigenvalue weighted by molar-refractivity contribution is 0.208. The Hall–Kier alpha value is -3.54. The number of ether oxygens (including phenoxy) is 2. The number of hydrogen-bond acceptors (Lipinski definition) is 5. The van der Waals surface area contributed by atoms with Crippen molar-refractivity contribution in [2.45, 2.75) is 31.1 Å². The second-order valence-corrected chi connectivity index (χ2v) is 8.67. The van der Waals surface area contributed by atoms with Gasteiger partial charge in [0, 0.05) is 29.0 Å². The molecule has 0 spiro atoms. The number of H-pyrrole nitrogens is 1. The van der Waals surface area contributed by atoms with Gasteiger partial charge in [0.25, 0.3) is 0 Å². The van der Waals surface area contributed by atoms with Gasteiger partial charge in [-0.25, -0.2) is 0 Å². The number of allylic oxidation sites excluding steroid dienone is 1. The Morgan fingerprint density at radius 3 is 2.45 bits per heavy atom. The summed E-state index contributed by atoms with van der Waals surface area (Å²) in [7, 11) is 4.93. The standard InChI is InChI=1S/C27H29N3O3/c1-31-23-13-12-20(16-24(23)32-2)27(19-10-5-4-6-11-19)15-14-21-22(17-27)28-29-26(21)25(30-33-3)18-8-7-9-18/h4-6,10-16,18H,7-9,17H2,1-3H3,(H,28,29)/b30-25+. The number of methoxy groups -OCH3 is 2. The molecule has 6 nitrogen and oxygen atoms in total. The number of fused-ring (bicyclic) bond motifs is 1. The molecule has 2 aliphatic carbocycles. The lowest BCUT2D eigenvalue weighted by atomic mass is 9.68. The van der Waals surface area contributed by atoms with E-state index >= 15 is 0 Å². The molecule has 1 aromatic heterocycles. The minimum Gasteiger partial charge on any atom is -0.493 e. The van der Waals surface area contributed by atoms with Crippen molar-refractivity contribution < 1.29 is 14.3 Å². The maximum absolute atomic E-state index is 5.63. The largest absolute Gasteiger partial charge is 0.493 e. The zero-order valence-electron chi connectivity index (χ0n) is 19.3. The molecule has 0 radical (unpaired) electrons. The summed E-state index contributed by atoms with van der Waals surface area (Å²) in [4.78, 5) is 5.19. The number of nitrogens with one attached hydrogen (secondary N) is 1. The van der Waals surface area contributed by atoms with Crippen molar-refractivity contribution in [1.82, 2.24) is 10.2 Å². The molecule has 1 heterocycles. The number of aromatic amines is 1. The van der Waals surface area contributed by atoms with Crippen LogP contribution in [0.3, 0.4) is 0 Å². The SMILES string of the molecule is CO/N=C(/c1n[nH]c2c1C=CC(c1ccccc1)(c1ccc(OC)c(OC)c1)C2)C1CCC1. The fourth-order valence-corrected chi connectivity index (χ4v) is 4.96. The minimum absolute atomic E-state index is 0.368. The number of benzene rings is 2. The summed E-state index contributed by atoms with van der Waals surface area (Å²) in [5.74, 6) is 1.85. The van der Waals surface area contributed by atoms with Gasteiger partial charge in [-0.05, 0) is 36.1 Å². The Morgan fingerprint density at radius 1 is 1.00 bits per heavy atom. The van der Waals surface area contributed by atoms with Crippen LogP contribution >= 0.6 is 0 Å². The highest BCUT2D eigenvalue weighted by Crippen LogP contribution is 2.44. The first-order valence-corrected chi connectivity index (χ1v) is 11.4. The van der Waals surface area contributed by atoms with Gasteiger partial charge in [-0.15, -0.1) is 0 Å². The van der Waals surface area contributed by atoms with E-state index in [-0.39, 0.29) is 5.41 Å². The van der Waals surface area contributed by atoms with Gasteiger partial charge in [-0.2, -0.15) is 5.10 Å². The smallest absolute Gasteiger partial charge is 0.161 e. The maximum Gasteiger partial charge on any atom is 0.161 e. The molecule has 6 heteroatoms. The van der Waals surface area contributed by atoms with Crippen LogP contribution in [0.5, 0.6) is 11.5 Å². The van der Waals surface area contributed by atoms with Crippen molar-refractivity contribution >= 4 is 11.8 Å². The van der Waals surface area contributed by atoms with Crippen LogP contribution in [0.15, 0.2) is 59.8 Å². The molecule has 0 aliphatic heterocycles. The Labute approximate surface area is 194 Å². The van der Waals surface area contributed by atoms with E-state index in [9.17, 15) is 0 Å². The zero-order chi connectivity index (χ0) is 22.8. The molecule has 2 aromatic carbocycles. The number of oxime groups is 1. The first-order chi connectivity index (χ1) is 16.2. The molecular formula is C27H29N3O3. The summed E-state index contributed by atoms with van der Waals surface area (Å²) in [5.41, 5.74) is 6.02. The molecule has 1 N–H and O–H groups in total. The van der Waals surface area contributed by atoms with Crippen LogP contribution in [0.4, 0.5) is 0 Å². The molecule has 1 atom stereocenters. The number of nitrogens with zero attached hydrogens (tertiary/aromatic N) is 2. The Kier molecular flexibility index (Phi) is 5.67. The van der Waals surface area contributed by atoms with Gasteiger partial charge in [0.1, 0.15) is 18.5 Å². The highest BCUT2D eigenvalue weighted by atomic mass is 16.6. The van der Waals surface area contributed by atoms with Crippen molar-refractivity contribution in [3.63, 3.8) is 0 Å². The molecule has 5 rings (SSSR count). The first kappa shape index (κ1) is 21.3. The third-order valence-electron chi connectivity index (χ3n) is 6.98. The summed E-state index contributed by atoms with van der Waals surface area (Å²) < 4.78 is 11.1. The number of rotatable bonds is 7. The van der Waals surface area contributed by atoms with Gasteiger partial charge in [0.05, 0.1) is 14.2 Å². The third kappa shape index (κ3) is 3.59. The van der Waals surface area contributed by atoms with E-state index in [1.54, 1.807) is 21.3 Å². The summed E-state index contributed by atoms with van der Waals surface area (Å²) in [6.07, 6.45) is 8.71. The van der Waals surface area contributed by atoms with E-state index in [1.165, 1.54) is 12.0 Å². The molecule has 2 aliphatic rings. The highest BCUT2D eigenvalue weighted by molar-refractivity contribution is 6.04. The maximum atomic E-state index is 5.63. The number of aromatic nitrogens is 2. The molecule has 1 unspecified atom stereocenters. The van der Waals surface area contributed by atoms with Crippen LogP contribution in [0.1, 0.15) is 47.3 Å². The van der Waals surface area contributed by atoms with Gasteiger partial charge in [0.2, 0.25) is 0 Å². The summed E-state index contributed by atoms with van der Waals surface area (Å²) >= 11 is 0. The molecule has 3 aromatic rings. The van der Waals surface area contributed by atoms with Crippen LogP contribution < -0.4 is 9.47 Å². The normalized spacial score (nSPS) is 20.2. The zero-order valence-corrected chi connectivity index (χ0v) is 19.3. The minimum atomic E-state index is -0.368. The molecule has 170 valence electrons. The van der Waals surface area contributed by atoms with Crippen molar-refractivity contribution in [2.75, 3.05) is 21.3 Å². The topological polar surface area (TPSA) is 68.7 Å². The molecular weight excluding hydrogens is 414 g/mol. The fourth-order valence-electron chi connectivity index (χ4n) is 4.96. The van der Waals surface area contributed by atoms with E-state index in [0.717, 1.165) is 53.2 Å². The van der Waals surface area contributed by atoms with E-state index < -0.39 is 0 Å². The number of hydrogen-bond donors (Lipinski definition) is 1. The predicted octanol–water partition coefficient (Wildman–Crippen LogP) is 5.13. The lowest BCUT2D eigenvalue weighted by Gasteiger charge is -2.35. The van der Waals surface area contributed by atoms with E-state index in [1.807, 2.05) is 12.1 Å². The summed E-state index contributed by atoms with van der Waals surface area (Å²) in [6, 6.07) is 16.7. The second kappa shape index (κ2) is 8.77. The van der Waals surface area contributed by atoms with Gasteiger partial charge in [-0.3, -0.25) is 5.10 Å². The van der Waals surface area contributed by atoms with Crippen LogP contribution in [-0.4, -0.2) is 37.2 Å². The van der Waals surface area contributed by atoms with E-state index in [4.69, 9.17) is 19.4 Å². The molecule has 0 saturated heterocycles. The van der Waals surface area contributed by atoms with Crippen molar-refractivity contribution in [1.29, 1.82) is 0 Å². The molecule has 0 bridgehead atoms. The summed E-state index contributed by atoms with van der Waals surface area (Å²) in [6.45, 7) is 0. The van der Waals surface area contributed by atoms with Crippen molar-refractivity contribution in [3.8, 4) is 11.5 Å². The molecule has 33 heavy (non-hydrogen) atoms. The average Bonchev–Trinajstić information content (AvgIpc) is 3.25. The quantitative estimate of drug-likeness (QED) is 0.406. The second-order valence-electron chi connectivity index (χ2n) is 8.67. The van der Waals surface area contributed by atoms with Gasteiger partial charge >= 0.3 is 0 Å². The predicted molar refractivity (Wildman–Crippen MR) is 129 cm³/mol.